The number of rotatable bonds is 4. The molecule has 0 aliphatic carbocycles. The van der Waals surface area contributed by atoms with Gasteiger partial charge in [0.25, 0.3) is 0 Å². The van der Waals surface area contributed by atoms with Gasteiger partial charge in [-0.1, -0.05) is 0 Å². The number of nitrogen functional groups attached to an aromatic ring is 2. The number of benzene rings is 2. The first kappa shape index (κ1) is 24.8. The molecule has 0 aliphatic heterocycles. The third-order valence-corrected chi connectivity index (χ3v) is 5.13. The molecule has 10 heteroatoms. The Morgan fingerprint density at radius 2 is 1.26 bits per heavy atom. The van der Waals surface area contributed by atoms with Crippen LogP contribution in [0.1, 0.15) is 31.8 Å². The summed E-state index contributed by atoms with van der Waals surface area (Å²) in [5.74, 6) is -1.51. The van der Waals surface area contributed by atoms with Gasteiger partial charge in [0.1, 0.15) is 0 Å². The minimum atomic E-state index is -1.05. The number of hydrogen-bond donors (Lipinski definition) is 3. The number of carbonyl (C=O) groups is 2. The molecule has 35 heavy (non-hydrogen) atoms. The van der Waals surface area contributed by atoms with Crippen molar-refractivity contribution in [3.05, 3.63) is 83.2 Å². The SMILES string of the molecule is COC(=O)c1cc(-c2cccnn2)c(C)cc1N.Cc1cc(N)c(C(=O)O)cc1-c1cccnn1. The number of esters is 1. The molecule has 2 heterocycles. The van der Waals surface area contributed by atoms with Gasteiger partial charge >= 0.3 is 11.9 Å². The number of hydrogen-bond acceptors (Lipinski definition) is 9. The zero-order valence-electron chi connectivity index (χ0n) is 19.4. The topological polar surface area (TPSA) is 167 Å². The van der Waals surface area contributed by atoms with Crippen molar-refractivity contribution < 1.29 is 19.4 Å². The van der Waals surface area contributed by atoms with Gasteiger partial charge in [0, 0.05) is 34.9 Å². The summed E-state index contributed by atoms with van der Waals surface area (Å²) in [5.41, 5.74) is 17.2. The molecule has 0 saturated carbocycles. The van der Waals surface area contributed by atoms with Gasteiger partial charge in [-0.05, 0) is 73.5 Å². The number of aromatic carboxylic acids is 1. The van der Waals surface area contributed by atoms with Crippen LogP contribution < -0.4 is 11.5 Å². The van der Waals surface area contributed by atoms with Gasteiger partial charge in [-0.15, -0.1) is 0 Å². The van der Waals surface area contributed by atoms with Crippen LogP contribution in [0.15, 0.2) is 60.9 Å². The fourth-order valence-electron chi connectivity index (χ4n) is 3.37. The summed E-state index contributed by atoms with van der Waals surface area (Å²) >= 11 is 0. The van der Waals surface area contributed by atoms with Crippen molar-refractivity contribution in [3.63, 3.8) is 0 Å². The fourth-order valence-corrected chi connectivity index (χ4v) is 3.37. The standard InChI is InChI=1S/C13H13N3O2.C12H11N3O2/c1-8-6-11(14)10(13(17)18-2)7-9(8)12-4-3-5-15-16-12;1-7-5-10(13)9(12(16)17)6-8(7)11-3-2-4-14-15-11/h3-7H,14H2,1-2H3;2-6H,13H2,1H3,(H,16,17). The van der Waals surface area contributed by atoms with Gasteiger partial charge < -0.3 is 21.3 Å². The van der Waals surface area contributed by atoms with E-state index in [1.165, 1.54) is 13.2 Å². The van der Waals surface area contributed by atoms with E-state index in [1.54, 1.807) is 48.8 Å². The first-order valence-electron chi connectivity index (χ1n) is 10.4. The number of anilines is 2. The Balaban J connectivity index is 0.000000196. The Hall–Kier alpha value is -4.86. The number of nitrogens with zero attached hydrogens (tertiary/aromatic N) is 4. The highest BCUT2D eigenvalue weighted by atomic mass is 16.5. The highest BCUT2D eigenvalue weighted by molar-refractivity contribution is 5.97. The minimum absolute atomic E-state index is 0.0799. The van der Waals surface area contributed by atoms with Crippen molar-refractivity contribution in [1.29, 1.82) is 0 Å². The molecule has 0 amide bonds. The maximum Gasteiger partial charge on any atom is 0.339 e. The Kier molecular flexibility index (Phi) is 7.67. The van der Waals surface area contributed by atoms with E-state index in [2.05, 4.69) is 20.4 Å². The fraction of sp³-hybridized carbons (Fsp3) is 0.120. The van der Waals surface area contributed by atoms with Crippen LogP contribution in [0.3, 0.4) is 0 Å². The molecule has 10 nitrogen and oxygen atoms in total. The number of ether oxygens (including phenoxy) is 1. The lowest BCUT2D eigenvalue weighted by molar-refractivity contribution is 0.0601. The number of methoxy groups -OCH3 is 1. The molecule has 2 aromatic carbocycles. The molecule has 0 fully saturated rings. The molecular weight excluding hydrogens is 448 g/mol. The monoisotopic (exact) mass is 472 g/mol. The quantitative estimate of drug-likeness (QED) is 0.295. The highest BCUT2D eigenvalue weighted by Crippen LogP contribution is 2.27. The first-order valence-corrected chi connectivity index (χ1v) is 10.4. The number of carbonyl (C=O) groups excluding carboxylic acids is 1. The van der Waals surface area contributed by atoms with E-state index < -0.39 is 11.9 Å². The van der Waals surface area contributed by atoms with Crippen LogP contribution in [0.5, 0.6) is 0 Å². The van der Waals surface area contributed by atoms with E-state index in [9.17, 15) is 9.59 Å². The predicted octanol–water partition coefficient (Wildman–Crippen LogP) is 3.55. The summed E-state index contributed by atoms with van der Waals surface area (Å²) in [4.78, 5) is 22.6. The zero-order valence-corrected chi connectivity index (χ0v) is 19.4. The van der Waals surface area contributed by atoms with E-state index in [1.807, 2.05) is 19.9 Å². The van der Waals surface area contributed by atoms with E-state index in [0.29, 0.717) is 22.6 Å². The van der Waals surface area contributed by atoms with Crippen molar-refractivity contribution in [1.82, 2.24) is 20.4 Å². The number of carboxylic acids is 1. The summed E-state index contributed by atoms with van der Waals surface area (Å²) < 4.78 is 4.69. The summed E-state index contributed by atoms with van der Waals surface area (Å²) in [6, 6.07) is 13.7. The van der Waals surface area contributed by atoms with Crippen molar-refractivity contribution >= 4 is 23.3 Å². The second-order valence-corrected chi connectivity index (χ2v) is 7.52. The minimum Gasteiger partial charge on any atom is -0.478 e. The molecule has 0 spiro atoms. The molecule has 0 radical (unpaired) electrons. The molecule has 4 rings (SSSR count). The average molecular weight is 473 g/mol. The molecule has 0 bridgehead atoms. The molecule has 5 N–H and O–H groups in total. The van der Waals surface area contributed by atoms with Gasteiger partial charge in [-0.3, -0.25) is 0 Å². The Morgan fingerprint density at radius 3 is 1.66 bits per heavy atom. The number of aryl methyl sites for hydroxylation is 2. The third-order valence-electron chi connectivity index (χ3n) is 5.13. The molecule has 4 aromatic rings. The average Bonchev–Trinajstić information content (AvgIpc) is 2.85. The van der Waals surface area contributed by atoms with Crippen LogP contribution in [-0.4, -0.2) is 44.5 Å². The second-order valence-electron chi connectivity index (χ2n) is 7.52. The molecule has 0 aliphatic rings. The lowest BCUT2D eigenvalue weighted by atomic mass is 10.0. The zero-order chi connectivity index (χ0) is 25.5. The molecule has 0 unspecified atom stereocenters. The summed E-state index contributed by atoms with van der Waals surface area (Å²) in [5, 5.41) is 24.6. The smallest absolute Gasteiger partial charge is 0.339 e. The lowest BCUT2D eigenvalue weighted by Crippen LogP contribution is -2.07. The van der Waals surface area contributed by atoms with Crippen molar-refractivity contribution in [2.45, 2.75) is 13.8 Å². The Bertz CT molecular complexity index is 1360. The van der Waals surface area contributed by atoms with E-state index >= 15 is 0 Å². The summed E-state index contributed by atoms with van der Waals surface area (Å²) in [6.07, 6.45) is 3.16. The number of aromatic nitrogens is 4. The van der Waals surface area contributed by atoms with Crippen molar-refractivity contribution in [3.8, 4) is 22.5 Å². The van der Waals surface area contributed by atoms with E-state index in [-0.39, 0.29) is 11.3 Å². The van der Waals surface area contributed by atoms with Gasteiger partial charge in [0.15, 0.2) is 0 Å². The molecular formula is C25H24N6O4. The van der Waals surface area contributed by atoms with Crippen LogP contribution in [0.25, 0.3) is 22.5 Å². The van der Waals surface area contributed by atoms with Crippen LogP contribution >= 0.6 is 0 Å². The highest BCUT2D eigenvalue weighted by Gasteiger charge is 2.15. The summed E-state index contributed by atoms with van der Waals surface area (Å²) in [6.45, 7) is 3.76. The first-order chi connectivity index (χ1) is 16.7. The van der Waals surface area contributed by atoms with Gasteiger partial charge in [0.05, 0.1) is 29.6 Å². The van der Waals surface area contributed by atoms with Gasteiger partial charge in [0.2, 0.25) is 0 Å². The van der Waals surface area contributed by atoms with Gasteiger partial charge in [-0.25, -0.2) is 9.59 Å². The number of nitrogens with two attached hydrogens (primary N) is 2. The molecule has 0 saturated heterocycles. The van der Waals surface area contributed by atoms with Crippen molar-refractivity contribution in [2.24, 2.45) is 0 Å². The van der Waals surface area contributed by atoms with Crippen molar-refractivity contribution in [2.75, 3.05) is 18.6 Å². The maximum atomic E-state index is 11.6. The molecule has 0 atom stereocenters. The van der Waals surface area contributed by atoms with Crippen LogP contribution in [0.2, 0.25) is 0 Å². The van der Waals surface area contributed by atoms with Gasteiger partial charge in [-0.2, -0.15) is 20.4 Å². The van der Waals surface area contributed by atoms with E-state index in [4.69, 9.17) is 21.3 Å². The summed E-state index contributed by atoms with van der Waals surface area (Å²) in [7, 11) is 1.32. The lowest BCUT2D eigenvalue weighted by Gasteiger charge is -2.09. The molecule has 2 aromatic heterocycles. The van der Waals surface area contributed by atoms with Crippen LogP contribution in [0, 0.1) is 13.8 Å². The van der Waals surface area contributed by atoms with Crippen LogP contribution in [0.4, 0.5) is 11.4 Å². The van der Waals surface area contributed by atoms with E-state index in [0.717, 1.165) is 22.3 Å². The maximum absolute atomic E-state index is 11.6. The molecule has 178 valence electrons. The van der Waals surface area contributed by atoms with Crippen LogP contribution in [-0.2, 0) is 4.74 Å². The second kappa shape index (κ2) is 10.8. The Labute approximate surface area is 201 Å². The Morgan fingerprint density at radius 1 is 0.800 bits per heavy atom. The normalized spacial score (nSPS) is 10.1. The number of carboxylic acid groups (broad SMARTS) is 1. The predicted molar refractivity (Wildman–Crippen MR) is 132 cm³/mol. The largest absolute Gasteiger partial charge is 0.478 e. The third kappa shape index (κ3) is 5.74.